The van der Waals surface area contributed by atoms with Crippen molar-refractivity contribution in [3.8, 4) is 0 Å². The van der Waals surface area contributed by atoms with Crippen LogP contribution in [0.15, 0.2) is 29.2 Å². The topological polar surface area (TPSA) is 60.2 Å². The zero-order chi connectivity index (χ0) is 14.6. The van der Waals surface area contributed by atoms with Crippen molar-refractivity contribution in [2.75, 3.05) is 0 Å². The molecule has 0 amide bonds. The molecular weight excluding hydrogens is 258 g/mol. The van der Waals surface area contributed by atoms with Crippen LogP contribution >= 0.6 is 0 Å². The maximum Gasteiger partial charge on any atom is 0.180 e. The molecule has 19 heavy (non-hydrogen) atoms. The van der Waals surface area contributed by atoms with E-state index in [1.165, 1.54) is 0 Å². The number of hydrogen-bond donors (Lipinski definition) is 1. The number of rotatable bonds is 6. The summed E-state index contributed by atoms with van der Waals surface area (Å²) in [5, 5.41) is -0.385. The van der Waals surface area contributed by atoms with Gasteiger partial charge in [0.1, 0.15) is 0 Å². The molecule has 0 aliphatic rings. The van der Waals surface area contributed by atoms with E-state index in [-0.39, 0.29) is 11.3 Å². The van der Waals surface area contributed by atoms with Crippen molar-refractivity contribution in [3.63, 3.8) is 0 Å². The van der Waals surface area contributed by atoms with Crippen LogP contribution in [0.3, 0.4) is 0 Å². The van der Waals surface area contributed by atoms with Crippen LogP contribution in [0.2, 0.25) is 0 Å². The Hall–Kier alpha value is -0.870. The van der Waals surface area contributed by atoms with E-state index in [0.717, 1.165) is 18.4 Å². The zero-order valence-corrected chi connectivity index (χ0v) is 13.1. The van der Waals surface area contributed by atoms with E-state index in [4.69, 9.17) is 5.73 Å². The molecule has 0 saturated carbocycles. The molecule has 0 aromatic heterocycles. The minimum atomic E-state index is -3.18. The first-order valence-corrected chi connectivity index (χ1v) is 8.36. The van der Waals surface area contributed by atoms with Gasteiger partial charge < -0.3 is 5.73 Å². The summed E-state index contributed by atoms with van der Waals surface area (Å²) < 4.78 is 24.3. The van der Waals surface area contributed by atoms with Crippen LogP contribution in [0, 0.1) is 5.92 Å². The Balaban J connectivity index is 2.90. The Morgan fingerprint density at radius 2 is 1.79 bits per heavy atom. The SMILES string of the molecule is CC(N)CC(C)Cc1cccc(S(=O)(=O)C(C)C)c1. The molecular formula is C15H25NO2S. The van der Waals surface area contributed by atoms with E-state index in [1.807, 2.05) is 19.1 Å². The number of sulfone groups is 1. The summed E-state index contributed by atoms with van der Waals surface area (Å²) in [6.45, 7) is 7.56. The predicted molar refractivity (Wildman–Crippen MR) is 79.9 cm³/mol. The van der Waals surface area contributed by atoms with Crippen molar-refractivity contribution >= 4 is 9.84 Å². The van der Waals surface area contributed by atoms with Crippen LogP contribution in [0.1, 0.15) is 39.7 Å². The second kappa shape index (κ2) is 6.53. The lowest BCUT2D eigenvalue weighted by molar-refractivity contribution is 0.479. The van der Waals surface area contributed by atoms with Crippen LogP contribution < -0.4 is 5.73 Å². The normalized spacial score (nSPS) is 15.5. The first-order chi connectivity index (χ1) is 8.73. The van der Waals surface area contributed by atoms with Gasteiger partial charge in [0.2, 0.25) is 0 Å². The van der Waals surface area contributed by atoms with Gasteiger partial charge >= 0.3 is 0 Å². The van der Waals surface area contributed by atoms with Crippen LogP contribution in [0.5, 0.6) is 0 Å². The average molecular weight is 283 g/mol. The van der Waals surface area contributed by atoms with E-state index < -0.39 is 9.84 Å². The summed E-state index contributed by atoms with van der Waals surface area (Å²) in [4.78, 5) is 0.424. The molecule has 2 N–H and O–H groups in total. The highest BCUT2D eigenvalue weighted by Gasteiger charge is 2.19. The number of benzene rings is 1. The molecule has 2 unspecified atom stereocenters. The Labute approximate surface area is 117 Å². The molecule has 0 aliphatic heterocycles. The molecule has 108 valence electrons. The molecule has 0 bridgehead atoms. The summed E-state index contributed by atoms with van der Waals surface area (Å²) in [6, 6.07) is 7.46. The third-order valence-electron chi connectivity index (χ3n) is 3.21. The van der Waals surface area contributed by atoms with Gasteiger partial charge in [-0.15, -0.1) is 0 Å². The van der Waals surface area contributed by atoms with Gasteiger partial charge in [0.05, 0.1) is 10.1 Å². The van der Waals surface area contributed by atoms with Crippen LogP contribution in [-0.2, 0) is 16.3 Å². The third-order valence-corrected chi connectivity index (χ3v) is 5.36. The van der Waals surface area contributed by atoms with Gasteiger partial charge in [0.15, 0.2) is 9.84 Å². The molecule has 0 saturated heterocycles. The van der Waals surface area contributed by atoms with Crippen LogP contribution in [-0.4, -0.2) is 19.7 Å². The molecule has 0 heterocycles. The van der Waals surface area contributed by atoms with E-state index in [9.17, 15) is 8.42 Å². The minimum absolute atomic E-state index is 0.178. The van der Waals surface area contributed by atoms with Crippen molar-refractivity contribution in [1.82, 2.24) is 0 Å². The first-order valence-electron chi connectivity index (χ1n) is 6.82. The summed E-state index contributed by atoms with van der Waals surface area (Å²) in [7, 11) is -3.18. The van der Waals surface area contributed by atoms with Crippen LogP contribution in [0.25, 0.3) is 0 Å². The monoisotopic (exact) mass is 283 g/mol. The number of nitrogens with two attached hydrogens (primary N) is 1. The lowest BCUT2D eigenvalue weighted by atomic mass is 9.95. The average Bonchev–Trinajstić information content (AvgIpc) is 2.27. The molecule has 1 aromatic carbocycles. The fourth-order valence-electron chi connectivity index (χ4n) is 2.24. The molecule has 1 rings (SSSR count). The van der Waals surface area contributed by atoms with E-state index in [1.54, 1.807) is 26.0 Å². The quantitative estimate of drug-likeness (QED) is 0.873. The molecule has 0 spiro atoms. The van der Waals surface area contributed by atoms with E-state index in [0.29, 0.717) is 10.8 Å². The van der Waals surface area contributed by atoms with Gasteiger partial charge in [-0.25, -0.2) is 8.42 Å². The molecule has 4 heteroatoms. The van der Waals surface area contributed by atoms with Crippen molar-refractivity contribution in [1.29, 1.82) is 0 Å². The first kappa shape index (κ1) is 16.2. The predicted octanol–water partition coefficient (Wildman–Crippen LogP) is 2.78. The highest BCUT2D eigenvalue weighted by molar-refractivity contribution is 7.92. The number of hydrogen-bond acceptors (Lipinski definition) is 3. The van der Waals surface area contributed by atoms with Crippen molar-refractivity contribution < 1.29 is 8.42 Å². The van der Waals surface area contributed by atoms with E-state index in [2.05, 4.69) is 6.92 Å². The second-order valence-corrected chi connectivity index (χ2v) is 8.27. The minimum Gasteiger partial charge on any atom is -0.328 e. The Kier molecular flexibility index (Phi) is 5.56. The smallest absolute Gasteiger partial charge is 0.180 e. The van der Waals surface area contributed by atoms with Crippen molar-refractivity contribution in [2.45, 2.75) is 56.7 Å². The standard InChI is InChI=1S/C15H25NO2S/c1-11(2)19(17,18)15-7-5-6-14(10-15)9-12(3)8-13(4)16/h5-7,10-13H,8-9,16H2,1-4H3. The van der Waals surface area contributed by atoms with Gasteiger partial charge in [0, 0.05) is 6.04 Å². The Morgan fingerprint density at radius 3 is 2.32 bits per heavy atom. The summed E-state index contributed by atoms with van der Waals surface area (Å²) in [5.41, 5.74) is 6.85. The summed E-state index contributed by atoms with van der Waals surface area (Å²) in [6.07, 6.45) is 1.81. The molecule has 0 radical (unpaired) electrons. The largest absolute Gasteiger partial charge is 0.328 e. The molecule has 1 aromatic rings. The highest BCUT2D eigenvalue weighted by atomic mass is 32.2. The molecule has 0 fully saturated rings. The second-order valence-electron chi connectivity index (χ2n) is 5.76. The Bertz CT molecular complexity index is 507. The lowest BCUT2D eigenvalue weighted by Gasteiger charge is -2.15. The Morgan fingerprint density at radius 1 is 1.16 bits per heavy atom. The van der Waals surface area contributed by atoms with Gasteiger partial charge in [0.25, 0.3) is 0 Å². The van der Waals surface area contributed by atoms with Gasteiger partial charge in [-0.1, -0.05) is 19.1 Å². The van der Waals surface area contributed by atoms with E-state index >= 15 is 0 Å². The maximum atomic E-state index is 12.1. The fraction of sp³-hybridized carbons (Fsp3) is 0.600. The zero-order valence-electron chi connectivity index (χ0n) is 12.3. The molecule has 3 nitrogen and oxygen atoms in total. The third kappa shape index (κ3) is 4.62. The lowest BCUT2D eigenvalue weighted by Crippen LogP contribution is -2.19. The molecule has 0 aliphatic carbocycles. The van der Waals surface area contributed by atoms with Gasteiger partial charge in [-0.2, -0.15) is 0 Å². The summed E-state index contributed by atoms with van der Waals surface area (Å²) in [5.74, 6) is 0.456. The van der Waals surface area contributed by atoms with Gasteiger partial charge in [-0.05, 0) is 57.2 Å². The maximum absolute atomic E-state index is 12.1. The van der Waals surface area contributed by atoms with Crippen molar-refractivity contribution in [2.24, 2.45) is 11.7 Å². The van der Waals surface area contributed by atoms with Crippen LogP contribution in [0.4, 0.5) is 0 Å². The molecule has 2 atom stereocenters. The van der Waals surface area contributed by atoms with Crippen molar-refractivity contribution in [3.05, 3.63) is 29.8 Å². The highest BCUT2D eigenvalue weighted by Crippen LogP contribution is 2.20. The fourth-order valence-corrected chi connectivity index (χ4v) is 3.37. The summed E-state index contributed by atoms with van der Waals surface area (Å²) >= 11 is 0. The van der Waals surface area contributed by atoms with Gasteiger partial charge in [-0.3, -0.25) is 0 Å².